The zero-order chi connectivity index (χ0) is 10.9. The first kappa shape index (κ1) is 10.6. The Bertz CT molecular complexity index is 354. The second-order valence-electron chi connectivity index (χ2n) is 3.07. The number of oxazole rings is 1. The molecule has 1 aromatic heterocycles. The van der Waals surface area contributed by atoms with Crippen LogP contribution < -0.4 is 0 Å². The number of hydrogen-bond donors (Lipinski definition) is 1. The Kier molecular flexibility index (Phi) is 2.55. The Hall–Kier alpha value is -1.46. The van der Waals surface area contributed by atoms with Gasteiger partial charge in [-0.1, -0.05) is 0 Å². The lowest BCUT2D eigenvalue weighted by Crippen LogP contribution is -2.13. The first-order valence-corrected chi connectivity index (χ1v) is 3.87. The van der Waals surface area contributed by atoms with Gasteiger partial charge in [0.15, 0.2) is 0 Å². The molecule has 0 saturated carbocycles. The largest absolute Gasteiger partial charge is 0.475 e. The monoisotopic (exact) mass is 205 g/mol. The molecule has 1 N–H and O–H groups in total. The van der Waals surface area contributed by atoms with Crippen LogP contribution in [0.4, 0.5) is 8.78 Å². The summed E-state index contributed by atoms with van der Waals surface area (Å²) in [5, 5.41) is 8.56. The van der Waals surface area contributed by atoms with Crippen LogP contribution in [-0.2, 0) is 6.42 Å². The standard InChI is InChI=1S/C8H9F2NO3/c1-4-6(7(12)13)14-5(11-4)3-8(2,9)10/h3H2,1-2H3,(H,12,13). The molecule has 0 fully saturated rings. The average Bonchev–Trinajstić information content (AvgIpc) is 2.26. The fourth-order valence-corrected chi connectivity index (χ4v) is 0.992. The molecule has 0 bridgehead atoms. The zero-order valence-corrected chi connectivity index (χ0v) is 7.67. The molecule has 0 spiro atoms. The summed E-state index contributed by atoms with van der Waals surface area (Å²) < 4.78 is 29.7. The van der Waals surface area contributed by atoms with E-state index in [9.17, 15) is 13.6 Å². The molecule has 1 aromatic rings. The predicted molar refractivity (Wildman–Crippen MR) is 42.5 cm³/mol. The van der Waals surface area contributed by atoms with E-state index < -0.39 is 18.3 Å². The molecule has 14 heavy (non-hydrogen) atoms. The van der Waals surface area contributed by atoms with Gasteiger partial charge in [0.25, 0.3) is 5.92 Å². The summed E-state index contributed by atoms with van der Waals surface area (Å²) in [5.74, 6) is -4.90. The number of rotatable bonds is 3. The van der Waals surface area contributed by atoms with Gasteiger partial charge in [-0.15, -0.1) is 0 Å². The normalized spacial score (nSPS) is 11.7. The second-order valence-corrected chi connectivity index (χ2v) is 3.07. The highest BCUT2D eigenvalue weighted by atomic mass is 19.3. The molecule has 0 unspecified atom stereocenters. The third-order valence-electron chi connectivity index (χ3n) is 1.50. The van der Waals surface area contributed by atoms with Crippen LogP contribution in [0.3, 0.4) is 0 Å². The number of halogens is 2. The Balaban J connectivity index is 2.92. The van der Waals surface area contributed by atoms with E-state index in [4.69, 9.17) is 5.11 Å². The summed E-state index contributed by atoms with van der Waals surface area (Å²) in [6.07, 6.45) is -0.693. The maximum absolute atomic E-state index is 12.5. The fraction of sp³-hybridized carbons (Fsp3) is 0.500. The van der Waals surface area contributed by atoms with Crippen molar-refractivity contribution in [3.05, 3.63) is 17.3 Å². The number of carboxylic acids is 1. The first-order chi connectivity index (χ1) is 6.29. The minimum Gasteiger partial charge on any atom is -0.475 e. The Labute approximate surface area is 78.6 Å². The Morgan fingerprint density at radius 1 is 1.64 bits per heavy atom. The van der Waals surface area contributed by atoms with Gasteiger partial charge in [-0.2, -0.15) is 0 Å². The van der Waals surface area contributed by atoms with E-state index in [-0.39, 0.29) is 17.3 Å². The van der Waals surface area contributed by atoms with Crippen molar-refractivity contribution in [3.63, 3.8) is 0 Å². The van der Waals surface area contributed by atoms with Crippen LogP contribution in [0.15, 0.2) is 4.42 Å². The van der Waals surface area contributed by atoms with Crippen molar-refractivity contribution in [2.75, 3.05) is 0 Å². The molecule has 0 radical (unpaired) electrons. The van der Waals surface area contributed by atoms with Crippen molar-refractivity contribution >= 4 is 5.97 Å². The summed E-state index contributed by atoms with van der Waals surface area (Å²) in [4.78, 5) is 14.1. The average molecular weight is 205 g/mol. The molecule has 0 saturated heterocycles. The number of carboxylic acid groups (broad SMARTS) is 1. The molecule has 0 aliphatic rings. The Morgan fingerprint density at radius 2 is 2.21 bits per heavy atom. The highest BCUT2D eigenvalue weighted by Gasteiger charge is 2.26. The van der Waals surface area contributed by atoms with Crippen LogP contribution in [-0.4, -0.2) is 22.0 Å². The maximum atomic E-state index is 12.5. The molecule has 78 valence electrons. The van der Waals surface area contributed by atoms with Crippen LogP contribution >= 0.6 is 0 Å². The highest BCUT2D eigenvalue weighted by molar-refractivity contribution is 5.85. The van der Waals surface area contributed by atoms with E-state index in [1.807, 2.05) is 0 Å². The minimum absolute atomic E-state index is 0.108. The van der Waals surface area contributed by atoms with Crippen LogP contribution in [0.5, 0.6) is 0 Å². The molecule has 4 nitrogen and oxygen atoms in total. The molecule has 0 amide bonds. The topological polar surface area (TPSA) is 63.3 Å². The van der Waals surface area contributed by atoms with E-state index in [1.165, 1.54) is 6.92 Å². The number of alkyl halides is 2. The molecule has 1 heterocycles. The van der Waals surface area contributed by atoms with Crippen molar-refractivity contribution in [1.29, 1.82) is 0 Å². The van der Waals surface area contributed by atoms with Gasteiger partial charge in [-0.25, -0.2) is 18.6 Å². The Morgan fingerprint density at radius 3 is 2.57 bits per heavy atom. The van der Waals surface area contributed by atoms with Crippen LogP contribution in [0.1, 0.15) is 29.1 Å². The highest BCUT2D eigenvalue weighted by Crippen LogP contribution is 2.20. The van der Waals surface area contributed by atoms with Crippen LogP contribution in [0.25, 0.3) is 0 Å². The number of aromatic nitrogens is 1. The number of aryl methyl sites for hydroxylation is 1. The van der Waals surface area contributed by atoms with Gasteiger partial charge in [-0.3, -0.25) is 0 Å². The lowest BCUT2D eigenvalue weighted by atomic mass is 10.3. The number of hydrogen-bond acceptors (Lipinski definition) is 3. The van der Waals surface area contributed by atoms with Gasteiger partial charge in [0.1, 0.15) is 0 Å². The van der Waals surface area contributed by atoms with Crippen molar-refractivity contribution < 1.29 is 23.1 Å². The molecule has 0 aromatic carbocycles. The van der Waals surface area contributed by atoms with Gasteiger partial charge in [0, 0.05) is 0 Å². The van der Waals surface area contributed by atoms with E-state index in [2.05, 4.69) is 9.40 Å². The molecule has 6 heteroatoms. The number of aromatic carboxylic acids is 1. The molecular formula is C8H9F2NO3. The van der Waals surface area contributed by atoms with Gasteiger partial charge >= 0.3 is 5.97 Å². The smallest absolute Gasteiger partial charge is 0.373 e. The molecule has 1 rings (SSSR count). The summed E-state index contributed by atoms with van der Waals surface area (Å²) in [7, 11) is 0. The second kappa shape index (κ2) is 3.36. The van der Waals surface area contributed by atoms with Crippen molar-refractivity contribution in [1.82, 2.24) is 4.98 Å². The maximum Gasteiger partial charge on any atom is 0.373 e. The van der Waals surface area contributed by atoms with Gasteiger partial charge < -0.3 is 9.52 Å². The summed E-state index contributed by atoms with van der Waals surface area (Å²) in [5.41, 5.74) is 0.108. The third-order valence-corrected chi connectivity index (χ3v) is 1.50. The third kappa shape index (κ3) is 2.51. The van der Waals surface area contributed by atoms with E-state index in [0.717, 1.165) is 0 Å². The lowest BCUT2D eigenvalue weighted by Gasteiger charge is -2.05. The van der Waals surface area contributed by atoms with Gasteiger partial charge in [-0.05, 0) is 13.8 Å². The van der Waals surface area contributed by atoms with Crippen molar-refractivity contribution in [2.24, 2.45) is 0 Å². The van der Waals surface area contributed by atoms with Gasteiger partial charge in [0.2, 0.25) is 11.7 Å². The number of nitrogens with zero attached hydrogens (tertiary/aromatic N) is 1. The minimum atomic E-state index is -2.95. The molecule has 0 aliphatic carbocycles. The summed E-state index contributed by atoms with van der Waals surface area (Å²) in [6.45, 7) is 2.11. The van der Waals surface area contributed by atoms with Gasteiger partial charge in [0.05, 0.1) is 12.1 Å². The van der Waals surface area contributed by atoms with Crippen LogP contribution in [0, 0.1) is 6.92 Å². The molecule has 0 atom stereocenters. The lowest BCUT2D eigenvalue weighted by molar-refractivity contribution is 0.0156. The predicted octanol–water partition coefficient (Wildman–Crippen LogP) is 1.88. The molecular weight excluding hydrogens is 196 g/mol. The number of carbonyl (C=O) groups is 1. The SMILES string of the molecule is Cc1nc(CC(C)(F)F)oc1C(=O)O. The van der Waals surface area contributed by atoms with E-state index in [0.29, 0.717) is 6.92 Å². The first-order valence-electron chi connectivity index (χ1n) is 3.87. The van der Waals surface area contributed by atoms with E-state index in [1.54, 1.807) is 0 Å². The summed E-state index contributed by atoms with van der Waals surface area (Å²) >= 11 is 0. The quantitative estimate of drug-likeness (QED) is 0.818. The zero-order valence-electron chi connectivity index (χ0n) is 7.67. The van der Waals surface area contributed by atoms with Crippen molar-refractivity contribution in [3.8, 4) is 0 Å². The summed E-state index contributed by atoms with van der Waals surface area (Å²) in [6, 6.07) is 0. The fourth-order valence-electron chi connectivity index (χ4n) is 0.992. The molecule has 0 aliphatic heterocycles. The van der Waals surface area contributed by atoms with Crippen molar-refractivity contribution in [2.45, 2.75) is 26.2 Å². The van der Waals surface area contributed by atoms with E-state index >= 15 is 0 Å². The van der Waals surface area contributed by atoms with Crippen LogP contribution in [0.2, 0.25) is 0 Å².